The predicted octanol–water partition coefficient (Wildman–Crippen LogP) is 4.12. The standard InChI is InChI=1S/C23H24FN3O4S2/c1-3-4-5-16-7-10-18(11-8-16)33(30,31)20-13-25-23(27-22(20)29)32-14-21(28)26-17-9-6-15(2)19(24)12-17/h6-13H,3-5,14H2,1-2H3,(H,26,28)(H,25,27,29). The number of hydrogen-bond acceptors (Lipinski definition) is 6. The summed E-state index contributed by atoms with van der Waals surface area (Å²) in [6.07, 6.45) is 3.90. The molecule has 3 rings (SSSR count). The molecular formula is C23H24FN3O4S2. The molecule has 1 heterocycles. The molecule has 2 N–H and O–H groups in total. The molecule has 10 heteroatoms. The van der Waals surface area contributed by atoms with E-state index in [1.165, 1.54) is 18.2 Å². The van der Waals surface area contributed by atoms with Gasteiger partial charge in [-0.3, -0.25) is 9.59 Å². The van der Waals surface area contributed by atoms with Gasteiger partial charge in [0, 0.05) is 5.69 Å². The zero-order chi connectivity index (χ0) is 24.0. The van der Waals surface area contributed by atoms with Gasteiger partial charge in [-0.1, -0.05) is 43.3 Å². The molecule has 0 aliphatic carbocycles. The lowest BCUT2D eigenvalue weighted by atomic mass is 10.1. The summed E-state index contributed by atoms with van der Waals surface area (Å²) in [5.41, 5.74) is 0.990. The molecule has 1 amide bonds. The summed E-state index contributed by atoms with van der Waals surface area (Å²) in [7, 11) is -4.03. The van der Waals surface area contributed by atoms with Crippen LogP contribution in [0.25, 0.3) is 0 Å². The smallest absolute Gasteiger partial charge is 0.270 e. The van der Waals surface area contributed by atoms with Crippen molar-refractivity contribution in [1.82, 2.24) is 9.97 Å². The first kappa shape index (κ1) is 24.7. The molecule has 0 spiro atoms. The van der Waals surface area contributed by atoms with Crippen molar-refractivity contribution in [3.05, 3.63) is 76.0 Å². The van der Waals surface area contributed by atoms with Crippen molar-refractivity contribution in [3.63, 3.8) is 0 Å². The largest absolute Gasteiger partial charge is 0.325 e. The van der Waals surface area contributed by atoms with Crippen molar-refractivity contribution in [2.45, 2.75) is 48.1 Å². The second kappa shape index (κ2) is 10.8. The number of H-pyrrole nitrogens is 1. The number of anilines is 1. The Kier molecular flexibility index (Phi) is 8.04. The summed E-state index contributed by atoms with van der Waals surface area (Å²) in [4.78, 5) is 30.5. The summed E-state index contributed by atoms with van der Waals surface area (Å²) in [6, 6.07) is 10.8. The Hall–Kier alpha value is -2.98. The van der Waals surface area contributed by atoms with E-state index in [0.29, 0.717) is 11.3 Å². The Labute approximate surface area is 195 Å². The second-order valence-electron chi connectivity index (χ2n) is 7.43. The van der Waals surface area contributed by atoms with Crippen molar-refractivity contribution < 1.29 is 17.6 Å². The molecule has 0 radical (unpaired) electrons. The van der Waals surface area contributed by atoms with Crippen LogP contribution in [-0.2, 0) is 21.1 Å². The topological polar surface area (TPSA) is 109 Å². The molecule has 0 aliphatic rings. The molecule has 0 aliphatic heterocycles. The molecule has 0 bridgehead atoms. The minimum Gasteiger partial charge on any atom is -0.325 e. The summed E-state index contributed by atoms with van der Waals surface area (Å²) in [6.45, 7) is 3.70. The number of aryl methyl sites for hydroxylation is 2. The predicted molar refractivity (Wildman–Crippen MR) is 126 cm³/mol. The van der Waals surface area contributed by atoms with Gasteiger partial charge in [0.1, 0.15) is 5.82 Å². The van der Waals surface area contributed by atoms with Crippen molar-refractivity contribution in [3.8, 4) is 0 Å². The average molecular weight is 490 g/mol. The number of nitrogens with one attached hydrogen (secondary N) is 2. The lowest BCUT2D eigenvalue weighted by molar-refractivity contribution is -0.113. The van der Waals surface area contributed by atoms with Gasteiger partial charge in [-0.05, 0) is 55.2 Å². The van der Waals surface area contributed by atoms with E-state index in [1.807, 2.05) is 0 Å². The van der Waals surface area contributed by atoms with E-state index in [9.17, 15) is 22.4 Å². The van der Waals surface area contributed by atoms with E-state index >= 15 is 0 Å². The normalized spacial score (nSPS) is 11.4. The van der Waals surface area contributed by atoms with Crippen LogP contribution in [0, 0.1) is 12.7 Å². The van der Waals surface area contributed by atoms with Crippen molar-refractivity contribution in [2.75, 3.05) is 11.1 Å². The third kappa shape index (κ3) is 6.29. The summed E-state index contributed by atoms with van der Waals surface area (Å²) >= 11 is 0.927. The summed E-state index contributed by atoms with van der Waals surface area (Å²) < 4.78 is 39.3. The number of carbonyl (C=O) groups is 1. The molecule has 0 unspecified atom stereocenters. The van der Waals surface area contributed by atoms with Crippen LogP contribution in [0.1, 0.15) is 30.9 Å². The van der Waals surface area contributed by atoms with E-state index in [-0.39, 0.29) is 15.8 Å². The van der Waals surface area contributed by atoms with E-state index in [4.69, 9.17) is 0 Å². The van der Waals surface area contributed by atoms with E-state index in [0.717, 1.165) is 42.8 Å². The molecule has 1 aromatic heterocycles. The van der Waals surface area contributed by atoms with Crippen molar-refractivity contribution in [1.29, 1.82) is 0 Å². The van der Waals surface area contributed by atoms with Crippen molar-refractivity contribution >= 4 is 33.2 Å². The molecule has 7 nitrogen and oxygen atoms in total. The van der Waals surface area contributed by atoms with Crippen LogP contribution in [0.2, 0.25) is 0 Å². The molecule has 0 atom stereocenters. The van der Waals surface area contributed by atoms with Crippen LogP contribution in [0.15, 0.2) is 68.4 Å². The Bertz CT molecular complexity index is 1310. The van der Waals surface area contributed by atoms with Gasteiger partial charge in [0.25, 0.3) is 5.56 Å². The van der Waals surface area contributed by atoms with Gasteiger partial charge in [0.2, 0.25) is 15.7 Å². The van der Waals surface area contributed by atoms with E-state index in [2.05, 4.69) is 22.2 Å². The third-order valence-corrected chi connectivity index (χ3v) is 7.53. The maximum absolute atomic E-state index is 13.6. The highest BCUT2D eigenvalue weighted by molar-refractivity contribution is 7.99. The number of rotatable bonds is 9. The zero-order valence-corrected chi connectivity index (χ0v) is 19.9. The van der Waals surface area contributed by atoms with Crippen LogP contribution in [0.3, 0.4) is 0 Å². The average Bonchev–Trinajstić information content (AvgIpc) is 2.79. The molecular weight excluding hydrogens is 465 g/mol. The monoisotopic (exact) mass is 489 g/mol. The highest BCUT2D eigenvalue weighted by Gasteiger charge is 2.22. The first-order chi connectivity index (χ1) is 15.7. The highest BCUT2D eigenvalue weighted by Crippen LogP contribution is 2.20. The van der Waals surface area contributed by atoms with Crippen LogP contribution in [0.4, 0.5) is 10.1 Å². The number of benzene rings is 2. The van der Waals surface area contributed by atoms with Gasteiger partial charge in [-0.2, -0.15) is 0 Å². The number of aromatic nitrogens is 2. The molecule has 2 aromatic carbocycles. The fourth-order valence-electron chi connectivity index (χ4n) is 2.98. The van der Waals surface area contributed by atoms with Gasteiger partial charge >= 0.3 is 0 Å². The van der Waals surface area contributed by atoms with Gasteiger partial charge in [-0.15, -0.1) is 0 Å². The lowest BCUT2D eigenvalue weighted by Gasteiger charge is -2.07. The molecule has 33 heavy (non-hydrogen) atoms. The Morgan fingerprint density at radius 1 is 1.18 bits per heavy atom. The molecule has 0 saturated heterocycles. The number of carbonyl (C=O) groups excluding carboxylic acids is 1. The Morgan fingerprint density at radius 2 is 1.91 bits per heavy atom. The van der Waals surface area contributed by atoms with Crippen LogP contribution in [0.5, 0.6) is 0 Å². The Morgan fingerprint density at radius 3 is 2.55 bits per heavy atom. The number of thioether (sulfide) groups is 1. The van der Waals surface area contributed by atoms with Crippen LogP contribution in [-0.4, -0.2) is 30.0 Å². The fraction of sp³-hybridized carbons (Fsp3) is 0.261. The molecule has 174 valence electrons. The molecule has 0 fully saturated rings. The quantitative estimate of drug-likeness (QED) is 0.346. The third-order valence-electron chi connectivity index (χ3n) is 4.88. The van der Waals surface area contributed by atoms with Gasteiger partial charge in [-0.25, -0.2) is 17.8 Å². The second-order valence-corrected chi connectivity index (χ2v) is 10.3. The number of sulfone groups is 1. The number of nitrogens with zero attached hydrogens (tertiary/aromatic N) is 1. The van der Waals surface area contributed by atoms with Crippen molar-refractivity contribution in [2.24, 2.45) is 0 Å². The summed E-state index contributed by atoms with van der Waals surface area (Å²) in [5.74, 6) is -0.964. The van der Waals surface area contributed by atoms with Crippen LogP contribution < -0.4 is 10.9 Å². The maximum Gasteiger partial charge on any atom is 0.270 e. The first-order valence-corrected chi connectivity index (χ1v) is 12.8. The van der Waals surface area contributed by atoms with Gasteiger partial charge in [0.05, 0.1) is 16.8 Å². The summed E-state index contributed by atoms with van der Waals surface area (Å²) in [5, 5.41) is 2.65. The minimum atomic E-state index is -4.03. The molecule has 0 saturated carbocycles. The van der Waals surface area contributed by atoms with E-state index < -0.39 is 32.0 Å². The lowest BCUT2D eigenvalue weighted by Crippen LogP contribution is -2.20. The van der Waals surface area contributed by atoms with E-state index in [1.54, 1.807) is 31.2 Å². The SMILES string of the molecule is CCCCc1ccc(S(=O)(=O)c2cnc(SCC(=O)Nc3ccc(C)c(F)c3)[nH]c2=O)cc1. The number of halogens is 1. The zero-order valence-electron chi connectivity index (χ0n) is 18.2. The Balaban J connectivity index is 1.67. The molecule has 3 aromatic rings. The highest BCUT2D eigenvalue weighted by atomic mass is 32.2. The van der Waals surface area contributed by atoms with Crippen LogP contribution >= 0.6 is 11.8 Å². The van der Waals surface area contributed by atoms with Gasteiger partial charge in [0.15, 0.2) is 10.1 Å². The number of unbranched alkanes of at least 4 members (excludes halogenated alkanes) is 1. The fourth-order valence-corrected chi connectivity index (χ4v) is 4.84. The first-order valence-electron chi connectivity index (χ1n) is 10.3. The van der Waals surface area contributed by atoms with Gasteiger partial charge < -0.3 is 10.3 Å². The number of aromatic amines is 1. The maximum atomic E-state index is 13.6. The minimum absolute atomic E-state index is 0.0140. The number of amides is 1. The number of hydrogen-bond donors (Lipinski definition) is 2.